The number of aliphatic carboxylic acids is 1. The summed E-state index contributed by atoms with van der Waals surface area (Å²) in [4.78, 5) is 22.4. The summed E-state index contributed by atoms with van der Waals surface area (Å²) in [5.41, 5.74) is 6.28. The number of carboxylic acid groups (broad SMARTS) is 1. The Kier molecular flexibility index (Phi) is 3.47. The number of carbonyl (C=O) groups is 2. The summed E-state index contributed by atoms with van der Waals surface area (Å²) in [7, 11) is 0. The van der Waals surface area contributed by atoms with E-state index >= 15 is 0 Å². The molecule has 0 atom stereocenters. The first-order valence-corrected chi connectivity index (χ1v) is 6.06. The topological polar surface area (TPSA) is 89.6 Å². The van der Waals surface area contributed by atoms with Crippen LogP contribution in [0.25, 0.3) is 10.1 Å². The van der Waals surface area contributed by atoms with E-state index < -0.39 is 11.9 Å². The van der Waals surface area contributed by atoms with Crippen LogP contribution in [-0.2, 0) is 9.53 Å². The number of anilines is 1. The molecule has 1 heterocycles. The number of fused-ring (bicyclic) bond motifs is 1. The lowest BCUT2D eigenvalue weighted by Gasteiger charge is -1.99. The van der Waals surface area contributed by atoms with Crippen LogP contribution in [0.4, 0.5) is 5.69 Å². The summed E-state index contributed by atoms with van der Waals surface area (Å²) in [5.74, 6) is -1.50. The maximum atomic E-state index is 11.6. The molecule has 2 aromatic rings. The van der Waals surface area contributed by atoms with Gasteiger partial charge in [-0.1, -0.05) is 0 Å². The van der Waals surface area contributed by atoms with Gasteiger partial charge in [-0.25, -0.2) is 4.79 Å². The van der Waals surface area contributed by atoms with Gasteiger partial charge in [-0.15, -0.1) is 11.3 Å². The van der Waals surface area contributed by atoms with E-state index in [1.165, 1.54) is 11.3 Å². The SMILES string of the molecule is Nc1ccc2sc(C(=O)OCCC(=O)O)cc2c1. The van der Waals surface area contributed by atoms with E-state index in [-0.39, 0.29) is 13.0 Å². The van der Waals surface area contributed by atoms with Gasteiger partial charge in [0.25, 0.3) is 0 Å². The fourth-order valence-electron chi connectivity index (χ4n) is 1.46. The predicted molar refractivity (Wildman–Crippen MR) is 68.8 cm³/mol. The van der Waals surface area contributed by atoms with Crippen LogP contribution < -0.4 is 5.73 Å². The Morgan fingerprint density at radius 2 is 2.11 bits per heavy atom. The van der Waals surface area contributed by atoms with E-state index in [1.807, 2.05) is 6.07 Å². The summed E-state index contributed by atoms with van der Waals surface area (Å²) in [5, 5.41) is 9.32. The van der Waals surface area contributed by atoms with Crippen molar-refractivity contribution in [3.63, 3.8) is 0 Å². The van der Waals surface area contributed by atoms with Gasteiger partial charge in [-0.3, -0.25) is 4.79 Å². The lowest BCUT2D eigenvalue weighted by atomic mass is 10.2. The van der Waals surface area contributed by atoms with Gasteiger partial charge < -0.3 is 15.6 Å². The third-order valence-corrected chi connectivity index (χ3v) is 3.39. The van der Waals surface area contributed by atoms with E-state index in [1.54, 1.807) is 18.2 Å². The summed E-state index contributed by atoms with van der Waals surface area (Å²) in [6.45, 7) is -0.120. The minimum atomic E-state index is -0.994. The number of benzene rings is 1. The Labute approximate surface area is 107 Å². The van der Waals surface area contributed by atoms with Gasteiger partial charge in [-0.05, 0) is 29.7 Å². The van der Waals surface area contributed by atoms with Gasteiger partial charge in [0.15, 0.2) is 0 Å². The van der Waals surface area contributed by atoms with E-state index in [9.17, 15) is 9.59 Å². The zero-order valence-electron chi connectivity index (χ0n) is 9.38. The zero-order chi connectivity index (χ0) is 13.1. The molecule has 2 rings (SSSR count). The van der Waals surface area contributed by atoms with Crippen LogP contribution in [0.3, 0.4) is 0 Å². The van der Waals surface area contributed by atoms with Crippen molar-refractivity contribution in [1.82, 2.24) is 0 Å². The molecule has 0 saturated carbocycles. The molecule has 3 N–H and O–H groups in total. The number of hydrogen-bond acceptors (Lipinski definition) is 5. The highest BCUT2D eigenvalue weighted by atomic mass is 32.1. The zero-order valence-corrected chi connectivity index (χ0v) is 10.2. The van der Waals surface area contributed by atoms with Gasteiger partial charge in [0.1, 0.15) is 11.5 Å². The van der Waals surface area contributed by atoms with Crippen LogP contribution >= 0.6 is 11.3 Å². The molecular weight excluding hydrogens is 254 g/mol. The van der Waals surface area contributed by atoms with Crippen molar-refractivity contribution in [2.24, 2.45) is 0 Å². The molecule has 0 radical (unpaired) electrons. The average molecular weight is 265 g/mol. The second kappa shape index (κ2) is 5.05. The molecule has 0 aliphatic heterocycles. The first-order chi connectivity index (χ1) is 8.56. The fraction of sp³-hybridized carbons (Fsp3) is 0.167. The molecule has 1 aromatic carbocycles. The Hall–Kier alpha value is -2.08. The molecule has 0 spiro atoms. The van der Waals surface area contributed by atoms with Crippen molar-refractivity contribution in [1.29, 1.82) is 0 Å². The molecule has 5 nitrogen and oxygen atoms in total. The minimum Gasteiger partial charge on any atom is -0.481 e. The number of rotatable bonds is 4. The van der Waals surface area contributed by atoms with E-state index in [2.05, 4.69) is 0 Å². The quantitative estimate of drug-likeness (QED) is 0.652. The van der Waals surface area contributed by atoms with Gasteiger partial charge in [0, 0.05) is 10.4 Å². The fourth-order valence-corrected chi connectivity index (χ4v) is 2.40. The summed E-state index contributed by atoms with van der Waals surface area (Å²) in [6.07, 6.45) is -0.191. The van der Waals surface area contributed by atoms with Crippen molar-refractivity contribution in [2.45, 2.75) is 6.42 Å². The minimum absolute atomic E-state index is 0.120. The van der Waals surface area contributed by atoms with Crippen molar-refractivity contribution >= 4 is 39.0 Å². The summed E-state index contributed by atoms with van der Waals surface area (Å²) < 4.78 is 5.80. The number of esters is 1. The molecule has 0 bridgehead atoms. The maximum absolute atomic E-state index is 11.6. The van der Waals surface area contributed by atoms with Gasteiger partial charge >= 0.3 is 11.9 Å². The van der Waals surface area contributed by atoms with Crippen LogP contribution in [0.5, 0.6) is 0 Å². The Morgan fingerprint density at radius 1 is 1.33 bits per heavy atom. The van der Waals surface area contributed by atoms with E-state index in [0.717, 1.165) is 10.1 Å². The van der Waals surface area contributed by atoms with Crippen LogP contribution in [0.15, 0.2) is 24.3 Å². The standard InChI is InChI=1S/C12H11NO4S/c13-8-1-2-9-7(5-8)6-10(18-9)12(16)17-4-3-11(14)15/h1-2,5-6H,3-4,13H2,(H,14,15). The summed E-state index contributed by atoms with van der Waals surface area (Å²) in [6, 6.07) is 7.07. The Bertz CT molecular complexity index is 605. The first kappa shape index (κ1) is 12.4. The predicted octanol–water partition coefficient (Wildman–Crippen LogP) is 2.12. The van der Waals surface area contributed by atoms with Crippen molar-refractivity contribution in [3.8, 4) is 0 Å². The second-order valence-corrected chi connectivity index (χ2v) is 4.77. The van der Waals surface area contributed by atoms with Crippen molar-refractivity contribution in [2.75, 3.05) is 12.3 Å². The molecule has 0 saturated heterocycles. The molecule has 0 aliphatic rings. The molecule has 6 heteroatoms. The Balaban J connectivity index is 2.10. The number of carbonyl (C=O) groups excluding carboxylic acids is 1. The molecule has 0 fully saturated rings. The van der Waals surface area contributed by atoms with Crippen LogP contribution in [0.1, 0.15) is 16.1 Å². The number of nitrogens with two attached hydrogens (primary N) is 1. The number of carboxylic acids is 1. The smallest absolute Gasteiger partial charge is 0.348 e. The van der Waals surface area contributed by atoms with Crippen LogP contribution in [-0.4, -0.2) is 23.7 Å². The highest BCUT2D eigenvalue weighted by molar-refractivity contribution is 7.20. The summed E-state index contributed by atoms with van der Waals surface area (Å²) >= 11 is 1.30. The maximum Gasteiger partial charge on any atom is 0.348 e. The van der Waals surface area contributed by atoms with E-state index in [0.29, 0.717) is 10.6 Å². The van der Waals surface area contributed by atoms with Crippen molar-refractivity contribution in [3.05, 3.63) is 29.1 Å². The Morgan fingerprint density at radius 3 is 2.83 bits per heavy atom. The molecule has 94 valence electrons. The molecule has 1 aromatic heterocycles. The normalized spacial score (nSPS) is 10.4. The molecule has 0 unspecified atom stereocenters. The number of hydrogen-bond donors (Lipinski definition) is 2. The number of nitrogen functional groups attached to an aromatic ring is 1. The number of ether oxygens (including phenoxy) is 1. The third-order valence-electron chi connectivity index (χ3n) is 2.29. The second-order valence-electron chi connectivity index (χ2n) is 3.69. The molecular formula is C12H11NO4S. The molecule has 0 amide bonds. The van der Waals surface area contributed by atoms with Crippen molar-refractivity contribution < 1.29 is 19.4 Å². The van der Waals surface area contributed by atoms with Crippen LogP contribution in [0.2, 0.25) is 0 Å². The van der Waals surface area contributed by atoms with E-state index in [4.69, 9.17) is 15.6 Å². The van der Waals surface area contributed by atoms with Gasteiger partial charge in [-0.2, -0.15) is 0 Å². The largest absolute Gasteiger partial charge is 0.481 e. The average Bonchev–Trinajstić information content (AvgIpc) is 2.71. The first-order valence-electron chi connectivity index (χ1n) is 5.24. The number of thiophene rings is 1. The lowest BCUT2D eigenvalue weighted by molar-refractivity contribution is -0.137. The molecule has 18 heavy (non-hydrogen) atoms. The third kappa shape index (κ3) is 2.78. The molecule has 0 aliphatic carbocycles. The monoisotopic (exact) mass is 265 g/mol. The van der Waals surface area contributed by atoms with Crippen LogP contribution in [0, 0.1) is 0 Å². The highest BCUT2D eigenvalue weighted by Crippen LogP contribution is 2.27. The van der Waals surface area contributed by atoms with Gasteiger partial charge in [0.05, 0.1) is 6.42 Å². The van der Waals surface area contributed by atoms with Gasteiger partial charge in [0.2, 0.25) is 0 Å². The lowest BCUT2D eigenvalue weighted by Crippen LogP contribution is -2.08. The highest BCUT2D eigenvalue weighted by Gasteiger charge is 2.12.